The predicted octanol–water partition coefficient (Wildman–Crippen LogP) is -5.04. The van der Waals surface area contributed by atoms with Gasteiger partial charge in [-0.1, -0.05) is 0 Å². The summed E-state index contributed by atoms with van der Waals surface area (Å²) >= 11 is 17.0. The van der Waals surface area contributed by atoms with Crippen LogP contribution in [0.3, 0.4) is 0 Å². The van der Waals surface area contributed by atoms with E-state index in [1.54, 1.807) is 0 Å². The molecule has 0 heterocycles. The van der Waals surface area contributed by atoms with Gasteiger partial charge in [0.05, 0.1) is 0 Å². The topological polar surface area (TPSA) is 0 Å². The Morgan fingerprint density at radius 3 is 0.500 bits per heavy atom. The molecule has 0 nitrogen and oxygen atoms in total. The Morgan fingerprint density at radius 2 is 0.500 bits per heavy atom. The number of rotatable bonds is 0. The Balaban J connectivity index is -0.00000000500. The summed E-state index contributed by atoms with van der Waals surface area (Å²) in [7, 11) is 0. The van der Waals surface area contributed by atoms with Crippen LogP contribution >= 0.6 is 0 Å². The maximum atomic E-state index is 2.31. The standard InChI is InChI=1S/4As2H.Cd.GeH2/c4*1-2;;/h4*1H;;1H2/q4*-1;2*+2. The average Bonchev–Trinajstić information content (AvgIpc) is 2.03. The zero-order chi connectivity index (χ0) is 8.00. The van der Waals surface area contributed by atoms with Gasteiger partial charge in [0.2, 0.25) is 0 Å². The molecule has 0 aliphatic heterocycles. The predicted molar refractivity (Wildman–Crippen MR) is 60.2 cm³/mol. The van der Waals surface area contributed by atoms with E-state index in [2.05, 4.69) is 57.0 Å². The second-order valence-electron chi connectivity index (χ2n) is 0. The van der Waals surface area contributed by atoms with Gasteiger partial charge in [-0.2, -0.15) is 0 Å². The minimum atomic E-state index is 0. The molecule has 0 aromatic rings. The summed E-state index contributed by atoms with van der Waals surface area (Å²) in [5.74, 6) is 0. The van der Waals surface area contributed by atoms with Crippen molar-refractivity contribution in [3.63, 3.8) is 0 Å². The third kappa shape index (κ3) is 66.2. The van der Waals surface area contributed by atoms with Crippen LogP contribution < -0.4 is 0 Å². The molecule has 0 saturated carbocycles. The molecule has 0 spiro atoms. The van der Waals surface area contributed by atoms with E-state index in [9.17, 15) is 0 Å². The maximum absolute atomic E-state index is 2.31. The molecular formula is H6As8CdGe. The first-order valence-electron chi connectivity index (χ1n) is 0.894. The summed E-state index contributed by atoms with van der Waals surface area (Å²) in [6.45, 7) is 0. The molecule has 52 valence electrons. The second-order valence-corrected chi connectivity index (χ2v) is 0. The Hall–Kier alpha value is 5.93. The Labute approximate surface area is 155 Å². The van der Waals surface area contributed by atoms with Gasteiger partial charge in [-0.3, -0.25) is 0 Å². The van der Waals surface area contributed by atoms with Crippen molar-refractivity contribution in [3.05, 3.63) is 0 Å². The van der Waals surface area contributed by atoms with Crippen LogP contribution in [0.25, 0.3) is 0 Å². The molecule has 0 saturated heterocycles. The molecule has 10 heavy (non-hydrogen) atoms. The summed E-state index contributed by atoms with van der Waals surface area (Å²) in [5, 5.41) is 0. The van der Waals surface area contributed by atoms with E-state index in [-0.39, 0.29) is 44.9 Å². The zero-order valence-corrected chi connectivity index (χ0v) is 28.1. The third-order valence-corrected chi connectivity index (χ3v) is 0. The third-order valence-electron chi connectivity index (χ3n) is 0. The van der Waals surface area contributed by atoms with E-state index in [0.717, 1.165) is 0 Å². The number of hydrogen-bond acceptors (Lipinski definition) is 0. The van der Waals surface area contributed by atoms with Gasteiger partial charge in [0.25, 0.3) is 0 Å². The summed E-state index contributed by atoms with van der Waals surface area (Å²) in [6, 6.07) is 0. The van der Waals surface area contributed by atoms with Crippen LogP contribution in [0, 0.1) is 0 Å². The van der Waals surface area contributed by atoms with Crippen LogP contribution in [0.2, 0.25) is 0 Å². The summed E-state index contributed by atoms with van der Waals surface area (Å²) < 4.78 is 0. The minimum absolute atomic E-state index is 0. The van der Waals surface area contributed by atoms with Crippen molar-refractivity contribution in [2.24, 2.45) is 0 Å². The van der Waals surface area contributed by atoms with Crippen LogP contribution in [0.15, 0.2) is 0 Å². The van der Waals surface area contributed by atoms with Crippen molar-refractivity contribution in [1.29, 1.82) is 0 Å². The van der Waals surface area contributed by atoms with Crippen molar-refractivity contribution in [2.45, 2.75) is 0 Å². The van der Waals surface area contributed by atoms with Gasteiger partial charge in [-0.15, -0.1) is 0 Å². The fourth-order valence-electron chi connectivity index (χ4n) is 0. The first-order chi connectivity index (χ1) is 4.00. The number of hydrogen-bond donors (Lipinski definition) is 0. The van der Waals surface area contributed by atoms with E-state index in [1.807, 2.05) is 57.0 Å². The summed E-state index contributed by atoms with van der Waals surface area (Å²) in [5.41, 5.74) is 0. The van der Waals surface area contributed by atoms with Crippen LogP contribution in [0.1, 0.15) is 0 Å². The van der Waals surface area contributed by atoms with E-state index in [1.165, 1.54) is 0 Å². The van der Waals surface area contributed by atoms with Gasteiger partial charge in [0.15, 0.2) is 0 Å². The Kier molecular flexibility index (Phi) is 297. The van der Waals surface area contributed by atoms with Gasteiger partial charge in [-0.05, 0) is 0 Å². The quantitative estimate of drug-likeness (QED) is 0.216. The molecule has 10 heteroatoms. The van der Waals surface area contributed by atoms with Crippen molar-refractivity contribution in [3.8, 4) is 0 Å². The van der Waals surface area contributed by atoms with Gasteiger partial charge in [0, 0.05) is 0 Å². The molecule has 0 atom stereocenters. The zero-order valence-electron chi connectivity index (χ0n) is 5.20. The molecule has 0 unspecified atom stereocenters. The molecule has 0 aliphatic rings. The SMILES string of the molecule is [As-]=[AsH].[As-]=[AsH].[As-]=[AsH].[As-]=[AsH].[Cd+2].[GeH2+2]. The van der Waals surface area contributed by atoms with Crippen molar-refractivity contribution < 1.29 is 27.3 Å². The van der Waals surface area contributed by atoms with Gasteiger partial charge in [0.1, 0.15) is 0 Å². The molecule has 0 amide bonds. The van der Waals surface area contributed by atoms with Crippen LogP contribution in [0.5, 0.6) is 0 Å². The first-order valence-corrected chi connectivity index (χ1v) is 24.1. The molecule has 0 aromatic heterocycles. The van der Waals surface area contributed by atoms with Crippen LogP contribution in [-0.4, -0.2) is 132 Å². The van der Waals surface area contributed by atoms with Gasteiger partial charge in [-0.25, -0.2) is 0 Å². The van der Waals surface area contributed by atoms with Gasteiger partial charge < -0.3 is 0 Å². The average molecular weight is 790 g/mol. The van der Waals surface area contributed by atoms with E-state index < -0.39 is 0 Å². The Bertz CT molecular complexity index is 17.2. The monoisotopic (exact) mass is 793 g/mol. The van der Waals surface area contributed by atoms with Crippen molar-refractivity contribution in [2.75, 3.05) is 0 Å². The summed E-state index contributed by atoms with van der Waals surface area (Å²) in [6.07, 6.45) is 0. The van der Waals surface area contributed by atoms with Crippen molar-refractivity contribution in [1.82, 2.24) is 0 Å². The van der Waals surface area contributed by atoms with Gasteiger partial charge >= 0.3 is 159 Å². The van der Waals surface area contributed by atoms with E-state index >= 15 is 0 Å². The molecule has 0 fully saturated rings. The molecule has 0 radical (unpaired) electrons. The molecule has 0 aromatic carbocycles. The molecule has 0 N–H and O–H groups in total. The normalized spacial score (nSPS) is 1.60. The molecule has 0 rings (SSSR count). The van der Waals surface area contributed by atoms with Crippen LogP contribution in [0.4, 0.5) is 0 Å². The fraction of sp³-hybridized carbons (Fsp3) is 0. The molecule has 0 bridgehead atoms. The van der Waals surface area contributed by atoms with E-state index in [4.69, 9.17) is 0 Å². The van der Waals surface area contributed by atoms with Crippen LogP contribution in [-0.2, 0) is 27.3 Å². The fourth-order valence-corrected chi connectivity index (χ4v) is 0. The molecule has 0 aliphatic carbocycles. The van der Waals surface area contributed by atoms with E-state index in [0.29, 0.717) is 0 Å². The molecular weight excluding hydrogens is 784 g/mol. The second kappa shape index (κ2) is 82.4. The summed E-state index contributed by atoms with van der Waals surface area (Å²) in [4.78, 5) is 0. The van der Waals surface area contributed by atoms with Crippen molar-refractivity contribution >= 4 is 132 Å². The first kappa shape index (κ1) is 36.0. The Morgan fingerprint density at radius 1 is 0.500 bits per heavy atom.